The quantitative estimate of drug-likeness (QED) is 0.889. The van der Waals surface area contributed by atoms with Crippen LogP contribution in [0.3, 0.4) is 0 Å². The molecule has 4 nitrogen and oxygen atoms in total. The van der Waals surface area contributed by atoms with E-state index in [0.29, 0.717) is 10.7 Å². The third-order valence-electron chi connectivity index (χ3n) is 3.53. The third-order valence-corrected chi connectivity index (χ3v) is 4.35. The largest absolute Gasteiger partial charge is 0.325 e. The summed E-state index contributed by atoms with van der Waals surface area (Å²) in [7, 11) is 0. The highest BCUT2D eigenvalue weighted by molar-refractivity contribution is 6.44. The van der Waals surface area contributed by atoms with Gasteiger partial charge < -0.3 is 10.3 Å². The molecule has 1 amide bonds. The summed E-state index contributed by atoms with van der Waals surface area (Å²) >= 11 is 11.9. The van der Waals surface area contributed by atoms with Gasteiger partial charge >= 0.3 is 0 Å². The molecule has 0 fully saturated rings. The standard InChI is InChI=1S/C15H12Cl2N2O2/c16-10-4-2-6-12(13(10)17)19-15(21)9-7-8-3-1-5-11(8)18-14(9)20/h2,4,6-7H,1,3,5H2,(H,18,20)(H,19,21). The van der Waals surface area contributed by atoms with Crippen molar-refractivity contribution in [3.63, 3.8) is 0 Å². The topological polar surface area (TPSA) is 62.0 Å². The minimum absolute atomic E-state index is 0.0895. The van der Waals surface area contributed by atoms with Crippen molar-refractivity contribution in [1.82, 2.24) is 4.98 Å². The summed E-state index contributed by atoms with van der Waals surface area (Å²) in [6.45, 7) is 0. The van der Waals surface area contributed by atoms with Gasteiger partial charge in [0.15, 0.2) is 0 Å². The molecule has 0 bridgehead atoms. The second kappa shape index (κ2) is 5.54. The number of aryl methyl sites for hydroxylation is 2. The van der Waals surface area contributed by atoms with Crippen LogP contribution in [-0.2, 0) is 12.8 Å². The number of pyridine rings is 1. The van der Waals surface area contributed by atoms with E-state index in [4.69, 9.17) is 23.2 Å². The molecule has 108 valence electrons. The van der Waals surface area contributed by atoms with Gasteiger partial charge in [-0.1, -0.05) is 29.3 Å². The van der Waals surface area contributed by atoms with Crippen LogP contribution in [0.4, 0.5) is 5.69 Å². The van der Waals surface area contributed by atoms with Crippen molar-refractivity contribution >= 4 is 34.8 Å². The molecule has 21 heavy (non-hydrogen) atoms. The van der Waals surface area contributed by atoms with Crippen molar-refractivity contribution in [2.75, 3.05) is 5.32 Å². The number of fused-ring (bicyclic) bond motifs is 1. The summed E-state index contributed by atoms with van der Waals surface area (Å²) in [6, 6.07) is 6.60. The molecule has 0 radical (unpaired) electrons. The van der Waals surface area contributed by atoms with Crippen LogP contribution in [0, 0.1) is 0 Å². The number of carbonyl (C=O) groups is 1. The van der Waals surface area contributed by atoms with Gasteiger partial charge in [-0.2, -0.15) is 0 Å². The van der Waals surface area contributed by atoms with E-state index in [1.54, 1.807) is 24.3 Å². The van der Waals surface area contributed by atoms with Crippen LogP contribution < -0.4 is 10.9 Å². The van der Waals surface area contributed by atoms with Gasteiger partial charge in [0.25, 0.3) is 11.5 Å². The number of aromatic nitrogens is 1. The Balaban J connectivity index is 1.93. The lowest BCUT2D eigenvalue weighted by Gasteiger charge is -2.08. The predicted octanol–water partition coefficient (Wildman–Crippen LogP) is 3.42. The zero-order valence-corrected chi connectivity index (χ0v) is 12.5. The average Bonchev–Trinajstić information content (AvgIpc) is 2.90. The number of aromatic amines is 1. The van der Waals surface area contributed by atoms with Crippen LogP contribution in [0.25, 0.3) is 0 Å². The van der Waals surface area contributed by atoms with Gasteiger partial charge in [-0.05, 0) is 43.0 Å². The average molecular weight is 323 g/mol. The van der Waals surface area contributed by atoms with Crippen LogP contribution in [0.2, 0.25) is 10.0 Å². The van der Waals surface area contributed by atoms with E-state index >= 15 is 0 Å². The summed E-state index contributed by atoms with van der Waals surface area (Å²) in [5.41, 5.74) is 2.04. The summed E-state index contributed by atoms with van der Waals surface area (Å²) in [5, 5.41) is 3.22. The Bertz CT molecular complexity index is 784. The van der Waals surface area contributed by atoms with Gasteiger partial charge in [-0.25, -0.2) is 0 Å². The van der Waals surface area contributed by atoms with Gasteiger partial charge in [-0.15, -0.1) is 0 Å². The first-order chi connectivity index (χ1) is 10.1. The summed E-state index contributed by atoms with van der Waals surface area (Å²) in [6.07, 6.45) is 2.73. The highest BCUT2D eigenvalue weighted by Gasteiger charge is 2.19. The number of halogens is 2. The molecule has 1 aliphatic rings. The van der Waals surface area contributed by atoms with Crippen molar-refractivity contribution in [3.05, 3.63) is 61.5 Å². The molecule has 1 heterocycles. The first kappa shape index (κ1) is 14.2. The van der Waals surface area contributed by atoms with E-state index in [1.165, 1.54) is 0 Å². The SMILES string of the molecule is O=C(Nc1cccc(Cl)c1Cl)c1cc2c([nH]c1=O)CCC2. The summed E-state index contributed by atoms with van der Waals surface area (Å²) in [5.74, 6) is -0.491. The number of nitrogens with one attached hydrogen (secondary N) is 2. The van der Waals surface area contributed by atoms with E-state index in [2.05, 4.69) is 10.3 Å². The maximum atomic E-state index is 12.3. The Kier molecular flexibility index (Phi) is 3.74. The van der Waals surface area contributed by atoms with Gasteiger partial charge in [0.2, 0.25) is 0 Å². The van der Waals surface area contributed by atoms with E-state index in [0.717, 1.165) is 30.5 Å². The summed E-state index contributed by atoms with van der Waals surface area (Å²) < 4.78 is 0. The maximum absolute atomic E-state index is 12.3. The van der Waals surface area contributed by atoms with Gasteiger partial charge in [0.1, 0.15) is 5.56 Å². The second-order valence-corrected chi connectivity index (χ2v) is 5.71. The molecule has 6 heteroatoms. The van der Waals surface area contributed by atoms with Crippen LogP contribution in [0.15, 0.2) is 29.1 Å². The number of anilines is 1. The van der Waals surface area contributed by atoms with Gasteiger partial charge in [0.05, 0.1) is 15.7 Å². The molecule has 0 atom stereocenters. The Morgan fingerprint density at radius 3 is 2.86 bits per heavy atom. The van der Waals surface area contributed by atoms with Crippen LogP contribution in [-0.4, -0.2) is 10.9 Å². The lowest BCUT2D eigenvalue weighted by molar-refractivity contribution is 0.102. The van der Waals surface area contributed by atoms with Crippen molar-refractivity contribution in [2.45, 2.75) is 19.3 Å². The maximum Gasteiger partial charge on any atom is 0.261 e. The van der Waals surface area contributed by atoms with E-state index in [-0.39, 0.29) is 16.1 Å². The number of hydrogen-bond acceptors (Lipinski definition) is 2. The smallest absolute Gasteiger partial charge is 0.261 e. The summed E-state index contributed by atoms with van der Waals surface area (Å²) in [4.78, 5) is 27.0. The van der Waals surface area contributed by atoms with Crippen LogP contribution in [0.1, 0.15) is 28.0 Å². The fourth-order valence-electron chi connectivity index (χ4n) is 2.47. The zero-order valence-electron chi connectivity index (χ0n) is 11.0. The Hall–Kier alpha value is -1.78. The number of amides is 1. The molecule has 0 saturated carbocycles. The molecule has 0 aliphatic heterocycles. The van der Waals surface area contributed by atoms with E-state index in [9.17, 15) is 9.59 Å². The molecule has 0 spiro atoms. The minimum Gasteiger partial charge on any atom is -0.325 e. The van der Waals surface area contributed by atoms with Crippen molar-refractivity contribution in [1.29, 1.82) is 0 Å². The molecule has 2 N–H and O–H groups in total. The highest BCUT2D eigenvalue weighted by atomic mass is 35.5. The molecule has 1 aliphatic carbocycles. The molecular formula is C15H12Cl2N2O2. The molecule has 1 aromatic carbocycles. The van der Waals surface area contributed by atoms with Crippen molar-refractivity contribution in [2.24, 2.45) is 0 Å². The lowest BCUT2D eigenvalue weighted by atomic mass is 10.1. The number of H-pyrrole nitrogens is 1. The second-order valence-electron chi connectivity index (χ2n) is 4.92. The Morgan fingerprint density at radius 1 is 1.24 bits per heavy atom. The fraction of sp³-hybridized carbons (Fsp3) is 0.200. The first-order valence-electron chi connectivity index (χ1n) is 6.56. The first-order valence-corrected chi connectivity index (χ1v) is 7.32. The van der Waals surface area contributed by atoms with Crippen molar-refractivity contribution < 1.29 is 4.79 Å². The molecule has 0 saturated heterocycles. The molecule has 3 rings (SSSR count). The predicted molar refractivity (Wildman–Crippen MR) is 83.5 cm³/mol. The number of carbonyl (C=O) groups excluding carboxylic acids is 1. The molecular weight excluding hydrogens is 311 g/mol. The number of benzene rings is 1. The monoisotopic (exact) mass is 322 g/mol. The number of hydrogen-bond donors (Lipinski definition) is 2. The van der Waals surface area contributed by atoms with Gasteiger partial charge in [-0.3, -0.25) is 9.59 Å². The Labute approximate surface area is 131 Å². The van der Waals surface area contributed by atoms with E-state index < -0.39 is 5.91 Å². The fourth-order valence-corrected chi connectivity index (χ4v) is 2.82. The minimum atomic E-state index is -0.491. The molecule has 1 aromatic heterocycles. The van der Waals surface area contributed by atoms with Crippen LogP contribution in [0.5, 0.6) is 0 Å². The zero-order chi connectivity index (χ0) is 15.0. The van der Waals surface area contributed by atoms with Crippen LogP contribution >= 0.6 is 23.2 Å². The number of rotatable bonds is 2. The lowest BCUT2D eigenvalue weighted by Crippen LogP contribution is -2.24. The Morgan fingerprint density at radius 2 is 2.05 bits per heavy atom. The van der Waals surface area contributed by atoms with E-state index in [1.807, 2.05) is 0 Å². The normalized spacial score (nSPS) is 13.0. The van der Waals surface area contributed by atoms with Gasteiger partial charge in [0, 0.05) is 5.69 Å². The highest BCUT2D eigenvalue weighted by Crippen LogP contribution is 2.29. The molecule has 0 unspecified atom stereocenters. The third kappa shape index (κ3) is 2.69. The molecule has 2 aromatic rings. The van der Waals surface area contributed by atoms with Crippen molar-refractivity contribution in [3.8, 4) is 0 Å².